The number of benzene rings is 3. The van der Waals surface area contributed by atoms with Gasteiger partial charge in [0.1, 0.15) is 23.3 Å². The molecule has 0 atom stereocenters. The van der Waals surface area contributed by atoms with Crippen molar-refractivity contribution in [2.24, 2.45) is 0 Å². The van der Waals surface area contributed by atoms with Crippen LogP contribution in [0, 0.1) is 34.9 Å². The molecule has 0 saturated carbocycles. The van der Waals surface area contributed by atoms with Crippen LogP contribution >= 0.6 is 0 Å². The minimum atomic E-state index is -1.57. The Morgan fingerprint density at radius 1 is 0.763 bits per heavy atom. The van der Waals surface area contributed by atoms with E-state index < -0.39 is 69.9 Å². The lowest BCUT2D eigenvalue weighted by molar-refractivity contribution is -0.192. The normalized spacial score (nSPS) is 18.4. The maximum atomic E-state index is 14.7. The fourth-order valence-electron chi connectivity index (χ4n) is 4.22. The van der Waals surface area contributed by atoms with Crippen LogP contribution in [0.15, 0.2) is 48.3 Å². The van der Waals surface area contributed by atoms with Crippen molar-refractivity contribution in [3.05, 3.63) is 111 Å². The molecule has 4 rings (SSSR count). The van der Waals surface area contributed by atoms with Crippen LogP contribution in [0.5, 0.6) is 0 Å². The predicted molar refractivity (Wildman–Crippen MR) is 123 cm³/mol. The van der Waals surface area contributed by atoms with Crippen LogP contribution in [0.2, 0.25) is 0 Å². The van der Waals surface area contributed by atoms with Gasteiger partial charge >= 0.3 is 0 Å². The maximum Gasteiger partial charge on any atom is 0.194 e. The molecule has 3 aromatic rings. The van der Waals surface area contributed by atoms with Gasteiger partial charge in [-0.15, -0.1) is 0 Å². The summed E-state index contributed by atoms with van der Waals surface area (Å²) in [5.41, 5.74) is -0.257. The van der Waals surface area contributed by atoms with Crippen LogP contribution in [0.1, 0.15) is 53.4 Å². The fraction of sp³-hybridized carbons (Fsp3) is 0.286. The third-order valence-electron chi connectivity index (χ3n) is 6.26. The lowest BCUT2D eigenvalue weighted by Crippen LogP contribution is -2.27. The lowest BCUT2D eigenvalue weighted by Gasteiger charge is -2.30. The monoisotopic (exact) mass is 542 g/mol. The molecule has 1 fully saturated rings. The Hall–Kier alpha value is -3.24. The standard InChI is InChI=1S/C28H22F8O2/c1-2-19(29)26(35)17-10-21(31)25(22(32)11-17)18-12-37-28(38-13-18)16-6-5-15(20(30)9-16)4-3-14-7-23(33)27(36)24(34)8-14/h5-11,18,28H,2-4,12-13H2,1H3. The zero-order valence-electron chi connectivity index (χ0n) is 20.1. The van der Waals surface area contributed by atoms with E-state index in [1.165, 1.54) is 19.1 Å². The van der Waals surface area contributed by atoms with E-state index in [1.807, 2.05) is 0 Å². The summed E-state index contributed by atoms with van der Waals surface area (Å²) in [6.45, 7) is 0.982. The molecule has 1 aliphatic heterocycles. The van der Waals surface area contributed by atoms with Gasteiger partial charge in [-0.05, 0) is 60.7 Å². The van der Waals surface area contributed by atoms with Crippen molar-refractivity contribution in [2.75, 3.05) is 13.2 Å². The Balaban J connectivity index is 1.41. The van der Waals surface area contributed by atoms with Crippen LogP contribution < -0.4 is 0 Å². The minimum absolute atomic E-state index is 0.0587. The van der Waals surface area contributed by atoms with E-state index in [2.05, 4.69) is 0 Å². The Labute approximate surface area is 213 Å². The van der Waals surface area contributed by atoms with Gasteiger partial charge < -0.3 is 9.47 Å². The third kappa shape index (κ3) is 5.91. The van der Waals surface area contributed by atoms with Gasteiger partial charge in [0.2, 0.25) is 0 Å². The summed E-state index contributed by atoms with van der Waals surface area (Å²) in [5.74, 6) is -10.4. The molecule has 1 saturated heterocycles. The van der Waals surface area contributed by atoms with Gasteiger partial charge in [-0.2, -0.15) is 0 Å². The van der Waals surface area contributed by atoms with E-state index in [4.69, 9.17) is 9.47 Å². The van der Waals surface area contributed by atoms with Crippen molar-refractivity contribution in [3.8, 4) is 0 Å². The largest absolute Gasteiger partial charge is 0.348 e. The summed E-state index contributed by atoms with van der Waals surface area (Å²) >= 11 is 0. The SMILES string of the molecule is CCC(F)=C(F)c1cc(F)c(C2COC(c3ccc(CCc4cc(F)c(F)c(F)c4)c(F)c3)OC2)c(F)c1. The zero-order chi connectivity index (χ0) is 27.6. The van der Waals surface area contributed by atoms with E-state index in [9.17, 15) is 35.1 Å². The molecule has 1 aliphatic rings. The van der Waals surface area contributed by atoms with E-state index >= 15 is 0 Å². The first-order chi connectivity index (χ1) is 18.1. The quantitative estimate of drug-likeness (QED) is 0.222. The highest BCUT2D eigenvalue weighted by atomic mass is 19.2. The molecule has 0 N–H and O–H groups in total. The average Bonchev–Trinajstić information content (AvgIpc) is 2.90. The molecule has 202 valence electrons. The van der Waals surface area contributed by atoms with E-state index in [1.54, 1.807) is 0 Å². The molecule has 0 aliphatic carbocycles. The number of ether oxygens (including phenoxy) is 2. The van der Waals surface area contributed by atoms with Gasteiger partial charge in [0.05, 0.1) is 13.2 Å². The summed E-state index contributed by atoms with van der Waals surface area (Å²) in [4.78, 5) is 0. The van der Waals surface area contributed by atoms with Crippen LogP contribution in [-0.2, 0) is 22.3 Å². The summed E-state index contributed by atoms with van der Waals surface area (Å²) in [7, 11) is 0. The Bertz CT molecular complexity index is 1320. The van der Waals surface area contributed by atoms with Gasteiger partial charge in [-0.25, -0.2) is 35.1 Å². The molecule has 2 nitrogen and oxygen atoms in total. The molecule has 0 radical (unpaired) electrons. The summed E-state index contributed by atoms with van der Waals surface area (Å²) in [5, 5.41) is 0. The molecular weight excluding hydrogens is 520 g/mol. The lowest BCUT2D eigenvalue weighted by atomic mass is 9.96. The van der Waals surface area contributed by atoms with Gasteiger partial charge in [-0.1, -0.05) is 19.1 Å². The molecule has 0 unspecified atom stereocenters. The van der Waals surface area contributed by atoms with Crippen LogP contribution in [0.4, 0.5) is 35.1 Å². The minimum Gasteiger partial charge on any atom is -0.348 e. The Kier molecular flexibility index (Phi) is 8.52. The van der Waals surface area contributed by atoms with Gasteiger partial charge in [-0.3, -0.25) is 0 Å². The third-order valence-corrected chi connectivity index (χ3v) is 6.26. The molecule has 0 bridgehead atoms. The van der Waals surface area contributed by atoms with Crippen LogP contribution in [0.25, 0.3) is 5.83 Å². The van der Waals surface area contributed by atoms with Crippen molar-refractivity contribution in [1.29, 1.82) is 0 Å². The molecule has 38 heavy (non-hydrogen) atoms. The van der Waals surface area contributed by atoms with E-state index in [0.29, 0.717) is 17.7 Å². The van der Waals surface area contributed by atoms with Crippen molar-refractivity contribution in [1.82, 2.24) is 0 Å². The van der Waals surface area contributed by atoms with E-state index in [0.717, 1.165) is 18.2 Å². The first kappa shape index (κ1) is 27.8. The number of aryl methyl sites for hydroxylation is 2. The molecular formula is C28H22F8O2. The number of hydrogen-bond acceptors (Lipinski definition) is 2. The Morgan fingerprint density at radius 3 is 1.92 bits per heavy atom. The molecule has 10 heteroatoms. The second-order valence-electron chi connectivity index (χ2n) is 8.85. The number of rotatable bonds is 7. The van der Waals surface area contributed by atoms with Crippen molar-refractivity contribution in [2.45, 2.75) is 38.4 Å². The highest BCUT2D eigenvalue weighted by Gasteiger charge is 2.30. The summed E-state index contributed by atoms with van der Waals surface area (Å²) < 4.78 is 122. The fourth-order valence-corrected chi connectivity index (χ4v) is 4.22. The smallest absolute Gasteiger partial charge is 0.194 e. The van der Waals surface area contributed by atoms with Crippen molar-refractivity contribution >= 4 is 5.83 Å². The topological polar surface area (TPSA) is 18.5 Å². The number of hydrogen-bond donors (Lipinski definition) is 0. The maximum absolute atomic E-state index is 14.7. The summed E-state index contributed by atoms with van der Waals surface area (Å²) in [6.07, 6.45) is -1.15. The molecule has 1 heterocycles. The molecule has 3 aromatic carbocycles. The first-order valence-corrected chi connectivity index (χ1v) is 11.8. The predicted octanol–water partition coefficient (Wildman–Crippen LogP) is 8.15. The second-order valence-corrected chi connectivity index (χ2v) is 8.85. The van der Waals surface area contributed by atoms with Gasteiger partial charge in [0.15, 0.2) is 29.6 Å². The van der Waals surface area contributed by atoms with Gasteiger partial charge in [0, 0.05) is 22.6 Å². The second kappa shape index (κ2) is 11.7. The molecule has 0 spiro atoms. The number of allylic oxidation sites excluding steroid dienone is 1. The Morgan fingerprint density at radius 2 is 1.37 bits per heavy atom. The van der Waals surface area contributed by atoms with Crippen LogP contribution in [0.3, 0.4) is 0 Å². The van der Waals surface area contributed by atoms with Crippen LogP contribution in [-0.4, -0.2) is 13.2 Å². The zero-order valence-corrected chi connectivity index (χ0v) is 20.1. The van der Waals surface area contributed by atoms with Gasteiger partial charge in [0.25, 0.3) is 0 Å². The summed E-state index contributed by atoms with van der Waals surface area (Å²) in [6, 6.07) is 7.22. The highest BCUT2D eigenvalue weighted by Crippen LogP contribution is 2.35. The molecule has 0 aromatic heterocycles. The molecule has 0 amide bonds. The van der Waals surface area contributed by atoms with Crippen molar-refractivity contribution in [3.63, 3.8) is 0 Å². The highest BCUT2D eigenvalue weighted by molar-refractivity contribution is 5.61. The average molecular weight is 542 g/mol. The number of halogens is 8. The first-order valence-electron chi connectivity index (χ1n) is 11.8. The van der Waals surface area contributed by atoms with E-state index in [-0.39, 0.29) is 43.6 Å². The van der Waals surface area contributed by atoms with Crippen molar-refractivity contribution < 1.29 is 44.6 Å².